The minimum atomic E-state index is -1.41. The van der Waals surface area contributed by atoms with E-state index in [-0.39, 0.29) is 29.6 Å². The summed E-state index contributed by atoms with van der Waals surface area (Å²) in [5.74, 6) is -2.61. The van der Waals surface area contributed by atoms with E-state index in [2.05, 4.69) is 16.0 Å². The standard InChI is InChI=1S/C30H31N3O8/c1-17-6-3-4-7-22(17)32-30(39)33-23-12-9-18(15-26(23)40-2)14-25(34)27(24-8-5-13-31-24)41-19-10-11-20(28(35)36)21(16-19)29(37)38/h3-4,6-7,9-12,15-16,24,27,31H,5,8,13-14H2,1-2H3,(H,35,36)(H,37,38)(H2,32,33,39)/t24?,27-/m0/s1. The highest BCUT2D eigenvalue weighted by atomic mass is 16.5. The predicted octanol–water partition coefficient (Wildman–Crippen LogP) is 4.36. The van der Waals surface area contributed by atoms with E-state index in [0.29, 0.717) is 35.7 Å². The Hall–Kier alpha value is -4.90. The third-order valence-electron chi connectivity index (χ3n) is 6.78. The molecule has 1 aliphatic rings. The minimum absolute atomic E-state index is 0.0200. The quantitative estimate of drug-likeness (QED) is 0.229. The first-order chi connectivity index (χ1) is 19.7. The Kier molecular flexibility index (Phi) is 9.20. The van der Waals surface area contributed by atoms with Crippen molar-refractivity contribution in [2.24, 2.45) is 0 Å². The summed E-state index contributed by atoms with van der Waals surface area (Å²) >= 11 is 0. The van der Waals surface area contributed by atoms with Gasteiger partial charge in [-0.15, -0.1) is 0 Å². The van der Waals surface area contributed by atoms with Gasteiger partial charge in [0.15, 0.2) is 11.9 Å². The number of hydrogen-bond acceptors (Lipinski definition) is 7. The van der Waals surface area contributed by atoms with E-state index in [9.17, 15) is 29.4 Å². The van der Waals surface area contributed by atoms with Crippen LogP contribution in [-0.4, -0.2) is 59.8 Å². The molecule has 11 heteroatoms. The number of para-hydroxylation sites is 1. The number of aromatic carboxylic acids is 2. The topological polar surface area (TPSA) is 163 Å². The third kappa shape index (κ3) is 7.20. The van der Waals surface area contributed by atoms with Gasteiger partial charge in [-0.1, -0.05) is 24.3 Å². The van der Waals surface area contributed by atoms with E-state index in [4.69, 9.17) is 9.47 Å². The van der Waals surface area contributed by atoms with Crippen molar-refractivity contribution in [3.05, 3.63) is 82.9 Å². The first kappa shape index (κ1) is 29.1. The Balaban J connectivity index is 1.50. The number of amides is 2. The van der Waals surface area contributed by atoms with Gasteiger partial charge >= 0.3 is 18.0 Å². The van der Waals surface area contributed by atoms with Crippen LogP contribution in [0.3, 0.4) is 0 Å². The van der Waals surface area contributed by atoms with Crippen LogP contribution in [0.1, 0.15) is 44.7 Å². The van der Waals surface area contributed by atoms with Gasteiger partial charge in [0.1, 0.15) is 11.5 Å². The number of ether oxygens (including phenoxy) is 2. The number of methoxy groups -OCH3 is 1. The molecule has 2 amide bonds. The lowest BCUT2D eigenvalue weighted by atomic mass is 9.98. The number of nitrogens with one attached hydrogen (secondary N) is 3. The maximum Gasteiger partial charge on any atom is 0.336 e. The molecule has 3 aromatic rings. The van der Waals surface area contributed by atoms with Crippen molar-refractivity contribution < 1.29 is 38.9 Å². The first-order valence-electron chi connectivity index (χ1n) is 13.0. The molecule has 2 atom stereocenters. The van der Waals surface area contributed by atoms with Gasteiger partial charge in [-0.25, -0.2) is 14.4 Å². The van der Waals surface area contributed by atoms with Crippen LogP contribution >= 0.6 is 0 Å². The number of hydrogen-bond donors (Lipinski definition) is 5. The number of carboxylic acid groups (broad SMARTS) is 2. The van der Waals surface area contributed by atoms with Crippen LogP contribution in [-0.2, 0) is 11.2 Å². The van der Waals surface area contributed by atoms with Crippen LogP contribution in [0.5, 0.6) is 11.5 Å². The largest absolute Gasteiger partial charge is 0.495 e. The monoisotopic (exact) mass is 561 g/mol. The summed E-state index contributed by atoms with van der Waals surface area (Å²) in [6.45, 7) is 2.59. The van der Waals surface area contributed by atoms with Crippen molar-refractivity contribution in [2.45, 2.75) is 38.3 Å². The normalized spacial score (nSPS) is 15.0. The van der Waals surface area contributed by atoms with Crippen LogP contribution < -0.4 is 25.4 Å². The molecular weight excluding hydrogens is 530 g/mol. The summed E-state index contributed by atoms with van der Waals surface area (Å²) in [6, 6.07) is 15.2. The second kappa shape index (κ2) is 13.0. The van der Waals surface area contributed by atoms with Crippen molar-refractivity contribution >= 4 is 35.1 Å². The van der Waals surface area contributed by atoms with Crippen molar-refractivity contribution in [3.8, 4) is 11.5 Å². The molecule has 3 aromatic carbocycles. The van der Waals surface area contributed by atoms with Gasteiger partial charge in [0.25, 0.3) is 0 Å². The molecule has 1 fully saturated rings. The molecule has 1 unspecified atom stereocenters. The fourth-order valence-electron chi connectivity index (χ4n) is 4.69. The number of Topliss-reactive ketones (excluding diaryl/α,β-unsaturated/α-hetero) is 1. The van der Waals surface area contributed by atoms with Crippen molar-refractivity contribution in [1.29, 1.82) is 0 Å². The third-order valence-corrected chi connectivity index (χ3v) is 6.78. The number of ketones is 1. The smallest absolute Gasteiger partial charge is 0.336 e. The number of rotatable bonds is 11. The van der Waals surface area contributed by atoms with E-state index >= 15 is 0 Å². The van der Waals surface area contributed by atoms with Crippen LogP contribution in [0.15, 0.2) is 60.7 Å². The average Bonchev–Trinajstić information content (AvgIpc) is 3.48. The Morgan fingerprint density at radius 3 is 2.34 bits per heavy atom. The zero-order valence-corrected chi connectivity index (χ0v) is 22.6. The van der Waals surface area contributed by atoms with E-state index in [1.165, 1.54) is 13.2 Å². The molecule has 41 heavy (non-hydrogen) atoms. The van der Waals surface area contributed by atoms with Gasteiger partial charge in [0, 0.05) is 12.1 Å². The Bertz CT molecular complexity index is 1470. The number of anilines is 2. The Labute approximate surface area is 236 Å². The lowest BCUT2D eigenvalue weighted by Crippen LogP contribution is -2.45. The molecule has 0 bridgehead atoms. The van der Waals surface area contributed by atoms with Crippen molar-refractivity contribution in [1.82, 2.24) is 5.32 Å². The molecule has 214 valence electrons. The van der Waals surface area contributed by atoms with E-state index in [1.807, 2.05) is 25.1 Å². The fourth-order valence-corrected chi connectivity index (χ4v) is 4.69. The second-order valence-electron chi connectivity index (χ2n) is 9.63. The zero-order valence-electron chi connectivity index (χ0n) is 22.6. The molecule has 5 N–H and O–H groups in total. The van der Waals surface area contributed by atoms with Crippen LogP contribution in [0.4, 0.5) is 16.2 Å². The zero-order chi connectivity index (χ0) is 29.5. The number of carboxylic acids is 2. The molecule has 11 nitrogen and oxygen atoms in total. The highest BCUT2D eigenvalue weighted by molar-refractivity contribution is 6.02. The maximum absolute atomic E-state index is 13.5. The molecule has 0 aromatic heterocycles. The van der Waals surface area contributed by atoms with E-state index < -0.39 is 29.6 Å². The molecule has 0 saturated carbocycles. The molecule has 1 saturated heterocycles. The van der Waals surface area contributed by atoms with E-state index in [0.717, 1.165) is 24.1 Å². The summed E-state index contributed by atoms with van der Waals surface area (Å²) in [6.07, 6.45) is 0.555. The fraction of sp³-hybridized carbons (Fsp3) is 0.267. The summed E-state index contributed by atoms with van der Waals surface area (Å²) in [5, 5.41) is 27.6. The molecule has 1 aliphatic heterocycles. The average molecular weight is 562 g/mol. The number of urea groups is 1. The van der Waals surface area contributed by atoms with E-state index in [1.54, 1.807) is 24.3 Å². The highest BCUT2D eigenvalue weighted by Crippen LogP contribution is 2.28. The summed E-state index contributed by atoms with van der Waals surface area (Å²) in [5.41, 5.74) is 1.82. The highest BCUT2D eigenvalue weighted by Gasteiger charge is 2.33. The molecule has 1 heterocycles. The second-order valence-corrected chi connectivity index (χ2v) is 9.63. The molecule has 0 aliphatic carbocycles. The van der Waals surface area contributed by atoms with Gasteiger partial charge in [0.2, 0.25) is 0 Å². The summed E-state index contributed by atoms with van der Waals surface area (Å²) in [4.78, 5) is 49.1. The van der Waals surface area contributed by atoms with Crippen molar-refractivity contribution in [3.63, 3.8) is 0 Å². The summed E-state index contributed by atoms with van der Waals surface area (Å²) in [7, 11) is 1.46. The molecule has 0 radical (unpaired) electrons. The molecule has 4 rings (SSSR count). The van der Waals surface area contributed by atoms with Gasteiger partial charge in [-0.3, -0.25) is 4.79 Å². The molecule has 0 spiro atoms. The summed E-state index contributed by atoms with van der Waals surface area (Å²) < 4.78 is 11.5. The number of carbonyl (C=O) groups excluding carboxylic acids is 2. The van der Waals surface area contributed by atoms with Crippen molar-refractivity contribution in [2.75, 3.05) is 24.3 Å². The van der Waals surface area contributed by atoms with Gasteiger partial charge < -0.3 is 35.6 Å². The lowest BCUT2D eigenvalue weighted by molar-refractivity contribution is -0.126. The Morgan fingerprint density at radius 2 is 1.68 bits per heavy atom. The first-order valence-corrected chi connectivity index (χ1v) is 13.0. The van der Waals surface area contributed by atoms with Crippen LogP contribution in [0.2, 0.25) is 0 Å². The van der Waals surface area contributed by atoms with Crippen LogP contribution in [0.25, 0.3) is 0 Å². The Morgan fingerprint density at radius 1 is 0.951 bits per heavy atom. The van der Waals surface area contributed by atoms with Gasteiger partial charge in [-0.05, 0) is 73.8 Å². The van der Waals surface area contributed by atoms with Crippen LogP contribution in [0, 0.1) is 6.92 Å². The van der Waals surface area contributed by atoms with Gasteiger partial charge in [0.05, 0.1) is 30.0 Å². The maximum atomic E-state index is 13.5. The number of carbonyl (C=O) groups is 4. The SMILES string of the molecule is COc1cc(CC(=O)[C@@H](Oc2ccc(C(=O)O)c(C(=O)O)c2)C2CCCN2)ccc1NC(=O)Nc1ccccc1C. The molecular formula is C30H31N3O8. The van der Waals surface area contributed by atoms with Gasteiger partial charge in [-0.2, -0.15) is 0 Å². The minimum Gasteiger partial charge on any atom is -0.495 e. The predicted molar refractivity (Wildman–Crippen MR) is 151 cm³/mol. The number of benzene rings is 3. The lowest BCUT2D eigenvalue weighted by Gasteiger charge is -2.24. The number of aryl methyl sites for hydroxylation is 1.